The third kappa shape index (κ3) is 9.96. The monoisotopic (exact) mass is 470 g/mol. The van der Waals surface area contributed by atoms with E-state index >= 15 is 0 Å². The highest BCUT2D eigenvalue weighted by Crippen LogP contribution is 2.40. The van der Waals surface area contributed by atoms with Crippen molar-refractivity contribution in [3.05, 3.63) is 41.5 Å². The topological polar surface area (TPSA) is 98.7 Å². The summed E-state index contributed by atoms with van der Waals surface area (Å²) in [5.74, 6) is -2.78. The van der Waals surface area contributed by atoms with E-state index < -0.39 is 18.1 Å². The largest absolute Gasteiger partial charge is 0.490 e. The summed E-state index contributed by atoms with van der Waals surface area (Å²) in [7, 11) is 0. The van der Waals surface area contributed by atoms with Gasteiger partial charge in [0.15, 0.2) is 0 Å². The molecule has 6 nitrogen and oxygen atoms in total. The smallest absolute Gasteiger partial charge is 0.481 e. The van der Waals surface area contributed by atoms with Crippen LogP contribution in [0.3, 0.4) is 0 Å². The number of nitrogens with one attached hydrogen (secondary N) is 2. The van der Waals surface area contributed by atoms with Gasteiger partial charge in [0.1, 0.15) is 0 Å². The van der Waals surface area contributed by atoms with Gasteiger partial charge in [-0.1, -0.05) is 48.9 Å². The number of benzene rings is 1. The van der Waals surface area contributed by atoms with E-state index in [1.807, 2.05) is 0 Å². The van der Waals surface area contributed by atoms with Crippen molar-refractivity contribution >= 4 is 18.0 Å². The Morgan fingerprint density at radius 3 is 2.15 bits per heavy atom. The molecule has 2 fully saturated rings. The number of carboxylic acids is 2. The van der Waals surface area contributed by atoms with Gasteiger partial charge < -0.3 is 20.8 Å². The molecular weight excluding hydrogens is 437 g/mol. The molecule has 33 heavy (non-hydrogen) atoms. The SMILES string of the molecule is CC/C(=C\c1ccccc1)C1CC1NC1CCC(NCCC(=O)O)CC1.O=C(O)C(F)(F)F. The maximum atomic E-state index is 10.6. The summed E-state index contributed by atoms with van der Waals surface area (Å²) in [5, 5.41) is 23.1. The highest BCUT2D eigenvalue weighted by atomic mass is 19.4. The summed E-state index contributed by atoms with van der Waals surface area (Å²) in [4.78, 5) is 19.5. The van der Waals surface area contributed by atoms with Crippen LogP contribution in [0.25, 0.3) is 6.08 Å². The van der Waals surface area contributed by atoms with Gasteiger partial charge in [-0.15, -0.1) is 0 Å². The van der Waals surface area contributed by atoms with Gasteiger partial charge >= 0.3 is 18.1 Å². The summed E-state index contributed by atoms with van der Waals surface area (Å²) >= 11 is 0. The number of carbonyl (C=O) groups is 2. The lowest BCUT2D eigenvalue weighted by Gasteiger charge is -2.30. The minimum Gasteiger partial charge on any atom is -0.481 e. The second-order valence-electron chi connectivity index (χ2n) is 8.55. The number of carboxylic acid groups (broad SMARTS) is 2. The fourth-order valence-electron chi connectivity index (χ4n) is 4.17. The zero-order valence-corrected chi connectivity index (χ0v) is 18.8. The Hall–Kier alpha value is -2.39. The highest BCUT2D eigenvalue weighted by Gasteiger charge is 2.40. The van der Waals surface area contributed by atoms with Gasteiger partial charge in [0.05, 0.1) is 6.42 Å². The molecule has 0 saturated heterocycles. The molecule has 0 aliphatic heterocycles. The zero-order valence-electron chi connectivity index (χ0n) is 18.8. The van der Waals surface area contributed by atoms with E-state index in [9.17, 15) is 18.0 Å². The van der Waals surface area contributed by atoms with Crippen LogP contribution >= 0.6 is 0 Å². The molecule has 2 aliphatic rings. The van der Waals surface area contributed by atoms with Gasteiger partial charge in [0, 0.05) is 24.7 Å². The van der Waals surface area contributed by atoms with Crippen molar-refractivity contribution in [1.29, 1.82) is 0 Å². The summed E-state index contributed by atoms with van der Waals surface area (Å²) < 4.78 is 31.7. The average Bonchev–Trinajstić information content (AvgIpc) is 3.52. The molecule has 0 radical (unpaired) electrons. The van der Waals surface area contributed by atoms with E-state index in [1.165, 1.54) is 24.8 Å². The van der Waals surface area contributed by atoms with E-state index in [1.54, 1.807) is 5.57 Å². The van der Waals surface area contributed by atoms with E-state index in [0.717, 1.165) is 19.3 Å². The van der Waals surface area contributed by atoms with Crippen LogP contribution in [0.2, 0.25) is 0 Å². The van der Waals surface area contributed by atoms with Gasteiger partial charge in [-0.05, 0) is 50.0 Å². The van der Waals surface area contributed by atoms with Crippen molar-refractivity contribution < 1.29 is 33.0 Å². The predicted octanol–water partition coefficient (Wildman–Crippen LogP) is 4.47. The predicted molar refractivity (Wildman–Crippen MR) is 120 cm³/mol. The van der Waals surface area contributed by atoms with E-state index in [2.05, 4.69) is 54.0 Å². The summed E-state index contributed by atoms with van der Waals surface area (Å²) in [5.41, 5.74) is 2.88. The van der Waals surface area contributed by atoms with Crippen LogP contribution < -0.4 is 10.6 Å². The van der Waals surface area contributed by atoms with Gasteiger partial charge in [-0.3, -0.25) is 4.79 Å². The van der Waals surface area contributed by atoms with Gasteiger partial charge in [0.25, 0.3) is 0 Å². The Kier molecular flexibility index (Phi) is 10.4. The first-order valence-corrected chi connectivity index (χ1v) is 11.4. The van der Waals surface area contributed by atoms with Gasteiger partial charge in [-0.2, -0.15) is 13.2 Å². The van der Waals surface area contributed by atoms with Gasteiger partial charge in [0.2, 0.25) is 0 Å². The number of hydrogen-bond acceptors (Lipinski definition) is 4. The fraction of sp³-hybridized carbons (Fsp3) is 0.583. The number of aliphatic carboxylic acids is 2. The van der Waals surface area contributed by atoms with Crippen molar-refractivity contribution in [2.75, 3.05) is 6.54 Å². The van der Waals surface area contributed by atoms with Crippen LogP contribution in [0.4, 0.5) is 13.2 Å². The number of alkyl halides is 3. The molecule has 9 heteroatoms. The quantitative estimate of drug-likeness (QED) is 0.425. The standard InChI is InChI=1S/C22H32N2O2.C2HF3O2/c1-2-17(14-16-6-4-3-5-7-16)20-15-21(20)24-19-10-8-18(9-11-19)23-13-12-22(25)26;3-2(4,5)1(6)7/h3-7,14,18-21,23-24H,2,8-13,15H2,1H3,(H,25,26);(H,6,7)/b17-14+;. The molecule has 0 amide bonds. The molecule has 2 atom stereocenters. The lowest BCUT2D eigenvalue weighted by atomic mass is 9.91. The third-order valence-electron chi connectivity index (χ3n) is 6.02. The Morgan fingerprint density at radius 1 is 1.06 bits per heavy atom. The molecule has 0 spiro atoms. The van der Waals surface area contributed by atoms with Crippen molar-refractivity contribution in [3.63, 3.8) is 0 Å². The number of rotatable bonds is 9. The van der Waals surface area contributed by atoms with Crippen LogP contribution in [0.5, 0.6) is 0 Å². The molecule has 0 heterocycles. The Labute approximate surface area is 192 Å². The van der Waals surface area contributed by atoms with Gasteiger partial charge in [-0.25, -0.2) is 4.79 Å². The Morgan fingerprint density at radius 2 is 1.64 bits per heavy atom. The lowest BCUT2D eigenvalue weighted by Crippen LogP contribution is -2.41. The summed E-state index contributed by atoms with van der Waals surface area (Å²) in [6.45, 7) is 2.85. The molecular formula is C24H33F3N2O4. The first-order valence-electron chi connectivity index (χ1n) is 11.4. The summed E-state index contributed by atoms with van der Waals surface area (Å²) in [6.07, 6.45) is 4.58. The summed E-state index contributed by atoms with van der Waals surface area (Å²) in [6, 6.07) is 12.4. The second kappa shape index (κ2) is 12.7. The first-order chi connectivity index (χ1) is 15.6. The molecule has 2 saturated carbocycles. The van der Waals surface area contributed by atoms with E-state index in [-0.39, 0.29) is 6.42 Å². The molecule has 184 valence electrons. The minimum absolute atomic E-state index is 0.218. The molecule has 0 bridgehead atoms. The number of halogens is 3. The molecule has 3 rings (SSSR count). The van der Waals surface area contributed by atoms with E-state index in [0.29, 0.717) is 30.6 Å². The minimum atomic E-state index is -5.08. The molecule has 1 aromatic rings. The average molecular weight is 471 g/mol. The van der Waals surface area contributed by atoms with Crippen molar-refractivity contribution in [2.24, 2.45) is 5.92 Å². The molecule has 4 N–H and O–H groups in total. The van der Waals surface area contributed by atoms with Crippen LogP contribution in [0, 0.1) is 5.92 Å². The molecule has 0 aromatic heterocycles. The van der Waals surface area contributed by atoms with Crippen LogP contribution in [0.1, 0.15) is 57.4 Å². The molecule has 1 aromatic carbocycles. The maximum absolute atomic E-state index is 10.6. The van der Waals surface area contributed by atoms with Crippen molar-refractivity contribution in [2.45, 2.75) is 76.2 Å². The maximum Gasteiger partial charge on any atom is 0.490 e. The van der Waals surface area contributed by atoms with Crippen LogP contribution in [0.15, 0.2) is 35.9 Å². The molecule has 2 unspecified atom stereocenters. The van der Waals surface area contributed by atoms with Crippen molar-refractivity contribution in [1.82, 2.24) is 10.6 Å². The Balaban J connectivity index is 0.000000479. The van der Waals surface area contributed by atoms with Crippen LogP contribution in [-0.2, 0) is 9.59 Å². The molecule has 2 aliphatic carbocycles. The fourth-order valence-corrected chi connectivity index (χ4v) is 4.17. The van der Waals surface area contributed by atoms with Crippen molar-refractivity contribution in [3.8, 4) is 0 Å². The Bertz CT molecular complexity index is 791. The normalized spacial score (nSPS) is 25.0. The second-order valence-corrected chi connectivity index (χ2v) is 8.55. The zero-order chi connectivity index (χ0) is 24.4. The third-order valence-corrected chi connectivity index (χ3v) is 6.02. The highest BCUT2D eigenvalue weighted by molar-refractivity contribution is 5.73. The van der Waals surface area contributed by atoms with E-state index in [4.69, 9.17) is 15.0 Å². The number of hydrogen-bond donors (Lipinski definition) is 4. The lowest BCUT2D eigenvalue weighted by molar-refractivity contribution is -0.192. The first kappa shape index (κ1) is 26.9. The van der Waals surface area contributed by atoms with Crippen LogP contribution in [-0.4, -0.2) is 53.0 Å².